The normalized spacial score (nSPS) is 10.7. The quantitative estimate of drug-likeness (QED) is 0.597. The summed E-state index contributed by atoms with van der Waals surface area (Å²) in [6, 6.07) is 12.0. The monoisotopic (exact) mass is 394 g/mol. The van der Waals surface area contributed by atoms with Crippen molar-refractivity contribution in [1.82, 2.24) is 19.7 Å². The van der Waals surface area contributed by atoms with E-state index in [1.807, 2.05) is 6.07 Å². The second kappa shape index (κ2) is 9.79. The van der Waals surface area contributed by atoms with Crippen LogP contribution in [0.5, 0.6) is 0 Å². The fourth-order valence-electron chi connectivity index (χ4n) is 3.00. The number of methoxy groups -OCH3 is 1. The van der Waals surface area contributed by atoms with E-state index in [0.29, 0.717) is 18.3 Å². The summed E-state index contributed by atoms with van der Waals surface area (Å²) in [7, 11) is 1.47. The number of anilines is 2. The number of nitrogens with zero attached hydrogens (tertiary/aromatic N) is 5. The Kier molecular flexibility index (Phi) is 6.91. The third-order valence-electron chi connectivity index (χ3n) is 4.55. The van der Waals surface area contributed by atoms with Gasteiger partial charge in [0.15, 0.2) is 5.82 Å². The van der Waals surface area contributed by atoms with Gasteiger partial charge in [0.05, 0.1) is 0 Å². The van der Waals surface area contributed by atoms with E-state index in [1.165, 1.54) is 17.5 Å². The molecule has 1 N–H and O–H groups in total. The zero-order valence-electron chi connectivity index (χ0n) is 17.0. The highest BCUT2D eigenvalue weighted by Crippen LogP contribution is 2.19. The van der Waals surface area contributed by atoms with Crippen molar-refractivity contribution in [2.75, 3.05) is 37.0 Å². The van der Waals surface area contributed by atoms with Gasteiger partial charge >= 0.3 is 0 Å². The van der Waals surface area contributed by atoms with Crippen LogP contribution in [0.2, 0.25) is 0 Å². The van der Waals surface area contributed by atoms with Gasteiger partial charge in [0.1, 0.15) is 6.61 Å². The molecular formula is C21H26N6O2. The summed E-state index contributed by atoms with van der Waals surface area (Å²) in [6.45, 7) is 6.66. The van der Waals surface area contributed by atoms with Crippen LogP contribution in [0.1, 0.15) is 24.2 Å². The van der Waals surface area contributed by atoms with Gasteiger partial charge in [0.2, 0.25) is 5.95 Å². The van der Waals surface area contributed by atoms with Crippen molar-refractivity contribution >= 4 is 17.5 Å². The average molecular weight is 394 g/mol. The molecule has 0 radical (unpaired) electrons. The molecule has 29 heavy (non-hydrogen) atoms. The molecule has 0 unspecified atom stereocenters. The van der Waals surface area contributed by atoms with Crippen LogP contribution in [-0.2, 0) is 11.3 Å². The molecule has 0 fully saturated rings. The smallest absolute Gasteiger partial charge is 0.276 e. The molecule has 0 spiro atoms. The largest absolute Gasteiger partial charge is 0.375 e. The number of benzene rings is 1. The molecule has 0 amide bonds. The van der Waals surface area contributed by atoms with Crippen LogP contribution in [0.4, 0.5) is 11.6 Å². The average Bonchev–Trinajstić information content (AvgIpc) is 3.19. The van der Waals surface area contributed by atoms with Gasteiger partial charge < -0.3 is 15.0 Å². The molecule has 0 saturated heterocycles. The molecule has 2 aromatic heterocycles. The van der Waals surface area contributed by atoms with Gasteiger partial charge in [-0.2, -0.15) is 9.67 Å². The molecule has 152 valence electrons. The van der Waals surface area contributed by atoms with Crippen LogP contribution >= 0.6 is 0 Å². The highest BCUT2D eigenvalue weighted by molar-refractivity contribution is 5.82. The molecular weight excluding hydrogens is 368 g/mol. The number of rotatable bonds is 9. The van der Waals surface area contributed by atoms with Crippen LogP contribution in [0.3, 0.4) is 0 Å². The summed E-state index contributed by atoms with van der Waals surface area (Å²) >= 11 is 0. The molecule has 3 aromatic rings. The minimum Gasteiger partial charge on any atom is -0.375 e. The summed E-state index contributed by atoms with van der Waals surface area (Å²) in [5, 5.41) is 7.55. The Balaban J connectivity index is 1.78. The van der Waals surface area contributed by atoms with Crippen molar-refractivity contribution < 1.29 is 9.53 Å². The number of carbonyl (C=O) groups excluding carboxylic acids is 1. The third-order valence-corrected chi connectivity index (χ3v) is 4.55. The molecule has 0 saturated carbocycles. The number of nitrogens with one attached hydrogen (secondary N) is 1. The number of pyridine rings is 1. The maximum Gasteiger partial charge on any atom is 0.276 e. The molecule has 0 aliphatic carbocycles. The van der Waals surface area contributed by atoms with Crippen LogP contribution in [0.25, 0.3) is 11.4 Å². The van der Waals surface area contributed by atoms with Gasteiger partial charge in [-0.15, -0.1) is 5.10 Å². The molecule has 0 aliphatic heterocycles. The SMILES string of the molecule is CCN(CC)c1ccc(CNc2nc(-c3cccnc3)nn2C(=O)COC)cc1. The molecule has 1 aromatic carbocycles. The number of ether oxygens (including phenoxy) is 1. The van der Waals surface area contributed by atoms with Gasteiger partial charge in [-0.25, -0.2) is 0 Å². The first-order chi connectivity index (χ1) is 14.2. The Morgan fingerprint density at radius 1 is 1.17 bits per heavy atom. The standard InChI is InChI=1S/C21H26N6O2/c1-4-26(5-2)18-10-8-16(9-11-18)13-23-21-24-20(17-7-6-12-22-14-17)25-27(21)19(28)15-29-3/h6-12,14H,4-5,13,15H2,1-3H3,(H,23,24,25). The van der Waals surface area contributed by atoms with Crippen molar-refractivity contribution in [1.29, 1.82) is 0 Å². The lowest BCUT2D eigenvalue weighted by molar-refractivity contribution is 0.0748. The van der Waals surface area contributed by atoms with E-state index >= 15 is 0 Å². The molecule has 0 atom stereocenters. The van der Waals surface area contributed by atoms with Gasteiger partial charge in [0.25, 0.3) is 5.91 Å². The van der Waals surface area contributed by atoms with Gasteiger partial charge in [-0.1, -0.05) is 12.1 Å². The van der Waals surface area contributed by atoms with Crippen LogP contribution in [-0.4, -0.2) is 52.5 Å². The van der Waals surface area contributed by atoms with Crippen molar-refractivity contribution in [2.45, 2.75) is 20.4 Å². The molecule has 2 heterocycles. The third kappa shape index (κ3) is 4.97. The Hall–Kier alpha value is -3.26. The second-order valence-corrected chi connectivity index (χ2v) is 6.43. The first-order valence-corrected chi connectivity index (χ1v) is 9.63. The van der Waals surface area contributed by atoms with Gasteiger partial charge in [0, 0.05) is 50.4 Å². The van der Waals surface area contributed by atoms with Crippen molar-refractivity contribution in [2.24, 2.45) is 0 Å². The van der Waals surface area contributed by atoms with Crippen molar-refractivity contribution in [3.05, 3.63) is 54.4 Å². The minimum absolute atomic E-state index is 0.0803. The van der Waals surface area contributed by atoms with Crippen LogP contribution in [0, 0.1) is 0 Å². The number of hydrogen-bond donors (Lipinski definition) is 1. The Labute approximate surface area is 170 Å². The Bertz CT molecular complexity index is 920. The van der Waals surface area contributed by atoms with E-state index in [0.717, 1.165) is 24.2 Å². The predicted molar refractivity (Wildman–Crippen MR) is 113 cm³/mol. The minimum atomic E-state index is -0.297. The van der Waals surface area contributed by atoms with Gasteiger partial charge in [-0.3, -0.25) is 9.78 Å². The maximum atomic E-state index is 12.4. The lowest BCUT2D eigenvalue weighted by Crippen LogP contribution is -2.21. The zero-order valence-corrected chi connectivity index (χ0v) is 17.0. The summed E-state index contributed by atoms with van der Waals surface area (Å²) in [5.74, 6) is 0.509. The lowest BCUT2D eigenvalue weighted by Gasteiger charge is -2.21. The first kappa shape index (κ1) is 20.5. The Morgan fingerprint density at radius 2 is 1.93 bits per heavy atom. The van der Waals surface area contributed by atoms with E-state index in [-0.39, 0.29) is 12.5 Å². The van der Waals surface area contributed by atoms with Crippen LogP contribution in [0.15, 0.2) is 48.8 Å². The van der Waals surface area contributed by atoms with Crippen molar-refractivity contribution in [3.63, 3.8) is 0 Å². The fraction of sp³-hybridized carbons (Fsp3) is 0.333. The highest BCUT2D eigenvalue weighted by Gasteiger charge is 2.17. The molecule has 0 aliphatic rings. The van der Waals surface area contributed by atoms with E-state index < -0.39 is 0 Å². The summed E-state index contributed by atoms with van der Waals surface area (Å²) in [5.41, 5.74) is 3.01. The molecule has 0 bridgehead atoms. The van der Waals surface area contributed by atoms with E-state index in [9.17, 15) is 4.79 Å². The number of hydrogen-bond acceptors (Lipinski definition) is 7. The first-order valence-electron chi connectivity index (χ1n) is 9.63. The van der Waals surface area contributed by atoms with Crippen molar-refractivity contribution in [3.8, 4) is 11.4 Å². The van der Waals surface area contributed by atoms with E-state index in [4.69, 9.17) is 4.74 Å². The van der Waals surface area contributed by atoms with E-state index in [2.05, 4.69) is 63.4 Å². The summed E-state index contributed by atoms with van der Waals surface area (Å²) in [6.07, 6.45) is 3.34. The highest BCUT2D eigenvalue weighted by atomic mass is 16.5. The van der Waals surface area contributed by atoms with Crippen LogP contribution < -0.4 is 10.2 Å². The van der Waals surface area contributed by atoms with E-state index in [1.54, 1.807) is 18.5 Å². The van der Waals surface area contributed by atoms with Gasteiger partial charge in [-0.05, 0) is 43.7 Å². The maximum absolute atomic E-state index is 12.4. The molecule has 3 rings (SSSR count). The summed E-state index contributed by atoms with van der Waals surface area (Å²) in [4.78, 5) is 23.2. The summed E-state index contributed by atoms with van der Waals surface area (Å²) < 4.78 is 6.21. The number of aromatic nitrogens is 4. The molecule has 8 nitrogen and oxygen atoms in total. The topological polar surface area (TPSA) is 85.2 Å². The lowest BCUT2D eigenvalue weighted by atomic mass is 10.2. The fourth-order valence-corrected chi connectivity index (χ4v) is 3.00. The Morgan fingerprint density at radius 3 is 2.55 bits per heavy atom. The molecule has 8 heteroatoms. The number of carbonyl (C=O) groups is 1. The second-order valence-electron chi connectivity index (χ2n) is 6.43. The zero-order chi connectivity index (χ0) is 20.6. The predicted octanol–water partition coefficient (Wildman–Crippen LogP) is 3.09.